The number of rotatable bonds is 3. The Morgan fingerprint density at radius 2 is 2.00 bits per heavy atom. The number of carbonyl (C=O) groups is 1. The second-order valence-electron chi connectivity index (χ2n) is 5.87. The zero-order valence-corrected chi connectivity index (χ0v) is 13.5. The molecule has 0 spiro atoms. The van der Waals surface area contributed by atoms with E-state index in [0.717, 1.165) is 43.1 Å². The molecule has 0 aliphatic carbocycles. The molecule has 1 aliphatic rings. The Kier molecular flexibility index (Phi) is 4.50. The van der Waals surface area contributed by atoms with E-state index in [2.05, 4.69) is 25.2 Å². The van der Waals surface area contributed by atoms with Crippen LogP contribution in [0.5, 0.6) is 0 Å². The first-order valence-electron chi connectivity index (χ1n) is 7.90. The third-order valence-electron chi connectivity index (χ3n) is 4.08. The highest BCUT2D eigenvalue weighted by Crippen LogP contribution is 2.20. The van der Waals surface area contributed by atoms with Gasteiger partial charge in [0.1, 0.15) is 11.5 Å². The summed E-state index contributed by atoms with van der Waals surface area (Å²) in [7, 11) is 0. The molecule has 0 atom stereocenters. The van der Waals surface area contributed by atoms with Gasteiger partial charge in [0.2, 0.25) is 0 Å². The van der Waals surface area contributed by atoms with Crippen molar-refractivity contribution in [2.75, 3.05) is 18.0 Å². The van der Waals surface area contributed by atoms with Gasteiger partial charge in [-0.05, 0) is 38.8 Å². The van der Waals surface area contributed by atoms with Crippen LogP contribution in [0, 0.1) is 13.8 Å². The number of aromatic nitrogens is 3. The monoisotopic (exact) mass is 311 g/mol. The third-order valence-corrected chi connectivity index (χ3v) is 4.08. The van der Waals surface area contributed by atoms with Crippen molar-refractivity contribution in [2.24, 2.45) is 0 Å². The zero-order chi connectivity index (χ0) is 16.2. The molecule has 3 heterocycles. The molecule has 0 saturated carbocycles. The van der Waals surface area contributed by atoms with Crippen molar-refractivity contribution in [1.82, 2.24) is 20.3 Å². The molecule has 1 aliphatic heterocycles. The van der Waals surface area contributed by atoms with Gasteiger partial charge in [0.25, 0.3) is 5.91 Å². The molecule has 0 unspecified atom stereocenters. The van der Waals surface area contributed by atoms with E-state index < -0.39 is 0 Å². The average Bonchev–Trinajstić information content (AvgIpc) is 2.58. The molecule has 0 aromatic carbocycles. The Hall–Kier alpha value is -2.50. The predicted molar refractivity (Wildman–Crippen MR) is 88.4 cm³/mol. The second kappa shape index (κ2) is 6.73. The summed E-state index contributed by atoms with van der Waals surface area (Å²) in [6.07, 6.45) is 5.22. The van der Waals surface area contributed by atoms with Gasteiger partial charge >= 0.3 is 0 Å². The molecule has 1 fully saturated rings. The van der Waals surface area contributed by atoms with Gasteiger partial charge in [0.05, 0.1) is 11.4 Å². The van der Waals surface area contributed by atoms with Crippen LogP contribution in [0.3, 0.4) is 0 Å². The molecule has 120 valence electrons. The van der Waals surface area contributed by atoms with Crippen molar-refractivity contribution in [3.63, 3.8) is 0 Å². The van der Waals surface area contributed by atoms with Gasteiger partial charge in [-0.3, -0.25) is 14.8 Å². The van der Waals surface area contributed by atoms with Crippen LogP contribution in [0.4, 0.5) is 5.82 Å². The Balaban J connectivity index is 1.58. The topological polar surface area (TPSA) is 71.0 Å². The first-order valence-corrected chi connectivity index (χ1v) is 7.90. The van der Waals surface area contributed by atoms with Crippen LogP contribution in [0.15, 0.2) is 30.6 Å². The van der Waals surface area contributed by atoms with Gasteiger partial charge in [-0.1, -0.05) is 6.07 Å². The molecule has 2 aromatic rings. The van der Waals surface area contributed by atoms with E-state index in [-0.39, 0.29) is 11.9 Å². The number of carbonyl (C=O) groups excluding carboxylic acids is 1. The fraction of sp³-hybridized carbons (Fsp3) is 0.412. The number of nitrogens with zero attached hydrogens (tertiary/aromatic N) is 4. The van der Waals surface area contributed by atoms with Gasteiger partial charge in [0.15, 0.2) is 0 Å². The summed E-state index contributed by atoms with van der Waals surface area (Å²) in [6.45, 7) is 5.67. The normalized spacial score (nSPS) is 15.5. The predicted octanol–water partition coefficient (Wildman–Crippen LogP) is 1.89. The molecule has 1 amide bonds. The van der Waals surface area contributed by atoms with Crippen molar-refractivity contribution in [1.29, 1.82) is 0 Å². The smallest absolute Gasteiger partial charge is 0.270 e. The van der Waals surface area contributed by atoms with Gasteiger partial charge in [-0.15, -0.1) is 0 Å². The van der Waals surface area contributed by atoms with Crippen molar-refractivity contribution < 1.29 is 4.79 Å². The number of anilines is 1. The van der Waals surface area contributed by atoms with E-state index in [4.69, 9.17) is 0 Å². The number of hydrogen-bond acceptors (Lipinski definition) is 5. The van der Waals surface area contributed by atoms with E-state index >= 15 is 0 Å². The maximum atomic E-state index is 12.2. The molecular formula is C17H21N5O. The van der Waals surface area contributed by atoms with Crippen molar-refractivity contribution in [3.8, 4) is 0 Å². The molecule has 0 radical (unpaired) electrons. The number of nitrogens with one attached hydrogen (secondary N) is 1. The SMILES string of the molecule is Cc1cnc(C)c(N2CCC(NC(=O)c3ccccn3)CC2)n1. The molecule has 2 aromatic heterocycles. The maximum absolute atomic E-state index is 12.2. The summed E-state index contributed by atoms with van der Waals surface area (Å²) in [5.74, 6) is 0.857. The Bertz CT molecular complexity index is 681. The standard InChI is InChI=1S/C17H21N5O/c1-12-11-19-13(2)16(20-12)22-9-6-14(7-10-22)21-17(23)15-5-3-4-8-18-15/h3-5,8,11,14H,6-7,9-10H2,1-2H3,(H,21,23). The number of amides is 1. The molecular weight excluding hydrogens is 290 g/mol. The molecule has 3 rings (SSSR count). The van der Waals surface area contributed by atoms with E-state index in [1.807, 2.05) is 19.9 Å². The number of hydrogen-bond donors (Lipinski definition) is 1. The molecule has 1 saturated heterocycles. The van der Waals surface area contributed by atoms with E-state index in [9.17, 15) is 4.79 Å². The lowest BCUT2D eigenvalue weighted by Gasteiger charge is -2.33. The minimum atomic E-state index is -0.101. The summed E-state index contributed by atoms with van der Waals surface area (Å²) in [4.78, 5) is 27.5. The number of aryl methyl sites for hydroxylation is 2. The van der Waals surface area contributed by atoms with Crippen LogP contribution in [0.25, 0.3) is 0 Å². The largest absolute Gasteiger partial charge is 0.355 e. The zero-order valence-electron chi connectivity index (χ0n) is 13.5. The quantitative estimate of drug-likeness (QED) is 0.937. The van der Waals surface area contributed by atoms with Crippen LogP contribution < -0.4 is 10.2 Å². The number of piperidine rings is 1. The van der Waals surface area contributed by atoms with Gasteiger partial charge in [0, 0.05) is 31.5 Å². The molecule has 23 heavy (non-hydrogen) atoms. The van der Waals surface area contributed by atoms with Crippen LogP contribution in [-0.4, -0.2) is 40.0 Å². The van der Waals surface area contributed by atoms with Crippen molar-refractivity contribution in [2.45, 2.75) is 32.7 Å². The third kappa shape index (κ3) is 3.64. The fourth-order valence-corrected chi connectivity index (χ4v) is 2.82. The highest BCUT2D eigenvalue weighted by molar-refractivity contribution is 5.92. The Labute approximate surface area is 136 Å². The summed E-state index contributed by atoms with van der Waals surface area (Å²) in [5.41, 5.74) is 2.35. The average molecular weight is 311 g/mol. The molecule has 6 heteroatoms. The summed E-state index contributed by atoms with van der Waals surface area (Å²) >= 11 is 0. The van der Waals surface area contributed by atoms with E-state index in [1.54, 1.807) is 24.5 Å². The summed E-state index contributed by atoms with van der Waals surface area (Å²) < 4.78 is 0. The van der Waals surface area contributed by atoms with Crippen molar-refractivity contribution >= 4 is 11.7 Å². The van der Waals surface area contributed by atoms with Gasteiger partial charge in [-0.25, -0.2) is 4.98 Å². The number of pyridine rings is 1. The minimum Gasteiger partial charge on any atom is -0.355 e. The van der Waals surface area contributed by atoms with Crippen molar-refractivity contribution in [3.05, 3.63) is 47.7 Å². The van der Waals surface area contributed by atoms with Crippen LogP contribution in [0.1, 0.15) is 34.7 Å². The maximum Gasteiger partial charge on any atom is 0.270 e. The Morgan fingerprint density at radius 3 is 2.70 bits per heavy atom. The fourth-order valence-electron chi connectivity index (χ4n) is 2.82. The first-order chi connectivity index (χ1) is 11.1. The lowest BCUT2D eigenvalue weighted by atomic mass is 10.0. The molecule has 6 nitrogen and oxygen atoms in total. The van der Waals surface area contributed by atoms with Crippen LogP contribution in [-0.2, 0) is 0 Å². The highest BCUT2D eigenvalue weighted by atomic mass is 16.1. The summed E-state index contributed by atoms with van der Waals surface area (Å²) in [5, 5.41) is 3.07. The van der Waals surface area contributed by atoms with Crippen LogP contribution >= 0.6 is 0 Å². The molecule has 0 bridgehead atoms. The van der Waals surface area contributed by atoms with E-state index in [1.165, 1.54) is 0 Å². The van der Waals surface area contributed by atoms with Gasteiger partial charge in [-0.2, -0.15) is 0 Å². The van der Waals surface area contributed by atoms with Gasteiger partial charge < -0.3 is 10.2 Å². The lowest BCUT2D eigenvalue weighted by molar-refractivity contribution is 0.0926. The summed E-state index contributed by atoms with van der Waals surface area (Å²) in [6, 6.07) is 5.54. The second-order valence-corrected chi connectivity index (χ2v) is 5.87. The van der Waals surface area contributed by atoms with E-state index in [0.29, 0.717) is 5.69 Å². The Morgan fingerprint density at radius 1 is 1.22 bits per heavy atom. The van der Waals surface area contributed by atoms with Crippen LogP contribution in [0.2, 0.25) is 0 Å². The lowest BCUT2D eigenvalue weighted by Crippen LogP contribution is -2.45. The molecule has 1 N–H and O–H groups in total. The minimum absolute atomic E-state index is 0.101. The first kappa shape index (κ1) is 15.4. The highest BCUT2D eigenvalue weighted by Gasteiger charge is 2.23.